The molecule has 0 unspecified atom stereocenters. The molecule has 4 nitrogen and oxygen atoms in total. The Balaban J connectivity index is 1.78. The summed E-state index contributed by atoms with van der Waals surface area (Å²) in [4.78, 5) is 25.6. The maximum atomic E-state index is 12.8. The van der Waals surface area contributed by atoms with Crippen LogP contribution in [0.3, 0.4) is 0 Å². The molecule has 0 saturated carbocycles. The normalized spacial score (nSPS) is 14.2. The molecule has 0 aromatic heterocycles. The molecule has 0 fully saturated rings. The Morgan fingerprint density at radius 2 is 0.925 bits per heavy atom. The van der Waals surface area contributed by atoms with Gasteiger partial charge in [0.2, 0.25) is 11.8 Å². The number of amides is 2. The fourth-order valence-corrected chi connectivity index (χ4v) is 6.67. The van der Waals surface area contributed by atoms with Crippen molar-refractivity contribution in [3.05, 3.63) is 95.1 Å². The number of benzene rings is 4. The van der Waals surface area contributed by atoms with Crippen molar-refractivity contribution < 1.29 is 9.59 Å². The third-order valence-electron chi connectivity index (χ3n) is 8.32. The van der Waals surface area contributed by atoms with E-state index in [0.717, 1.165) is 96.1 Å². The first-order valence-corrected chi connectivity index (χ1v) is 14.5. The largest absolute Gasteiger partial charge is 0.325 e. The Morgan fingerprint density at radius 3 is 1.30 bits per heavy atom. The van der Waals surface area contributed by atoms with Gasteiger partial charge in [-0.25, -0.2) is 0 Å². The van der Waals surface area contributed by atoms with E-state index in [1.165, 1.54) is 22.3 Å². The molecule has 0 bridgehead atoms. The number of rotatable bonds is 5. The molecular formula is C36H36N2O2. The average molecular weight is 529 g/mol. The van der Waals surface area contributed by atoms with Crippen LogP contribution in [0.4, 0.5) is 11.4 Å². The number of hydrogen-bond donors (Lipinski definition) is 2. The lowest BCUT2D eigenvalue weighted by atomic mass is 9.76. The van der Waals surface area contributed by atoms with E-state index in [2.05, 4.69) is 47.0 Å². The lowest BCUT2D eigenvalue weighted by Crippen LogP contribution is -2.17. The van der Waals surface area contributed by atoms with E-state index in [-0.39, 0.29) is 11.8 Å². The van der Waals surface area contributed by atoms with Gasteiger partial charge < -0.3 is 10.6 Å². The van der Waals surface area contributed by atoms with E-state index in [9.17, 15) is 9.59 Å². The van der Waals surface area contributed by atoms with E-state index in [1.807, 2.05) is 36.4 Å². The molecule has 2 amide bonds. The predicted octanol–water partition coefficient (Wildman–Crippen LogP) is 8.36. The first-order valence-electron chi connectivity index (χ1n) is 14.5. The molecule has 40 heavy (non-hydrogen) atoms. The van der Waals surface area contributed by atoms with Crippen molar-refractivity contribution in [2.45, 2.75) is 65.2 Å². The molecule has 4 heteroatoms. The van der Waals surface area contributed by atoms with Crippen LogP contribution in [0.15, 0.2) is 72.8 Å². The fraction of sp³-hybridized carbons (Fsp3) is 0.278. The monoisotopic (exact) mass is 528 g/mol. The van der Waals surface area contributed by atoms with Crippen LogP contribution in [-0.2, 0) is 35.3 Å². The zero-order chi connectivity index (χ0) is 27.6. The number of carbonyl (C=O) groups excluding carboxylic acids is 2. The summed E-state index contributed by atoms with van der Waals surface area (Å²) in [6.07, 6.45) is 8.46. The minimum atomic E-state index is -0.0941. The minimum Gasteiger partial charge on any atom is -0.325 e. The maximum absolute atomic E-state index is 12.8. The first kappa shape index (κ1) is 26.1. The van der Waals surface area contributed by atoms with Gasteiger partial charge in [-0.3, -0.25) is 9.59 Å². The highest BCUT2D eigenvalue weighted by Gasteiger charge is 2.30. The summed E-state index contributed by atoms with van der Waals surface area (Å²) >= 11 is 0. The van der Waals surface area contributed by atoms with Crippen LogP contribution in [0.5, 0.6) is 0 Å². The molecule has 0 saturated heterocycles. The van der Waals surface area contributed by atoms with E-state index >= 15 is 0 Å². The van der Waals surface area contributed by atoms with Crippen molar-refractivity contribution >= 4 is 23.2 Å². The molecule has 6 rings (SSSR count). The van der Waals surface area contributed by atoms with Crippen LogP contribution in [-0.4, -0.2) is 11.8 Å². The van der Waals surface area contributed by atoms with Gasteiger partial charge >= 0.3 is 0 Å². The van der Waals surface area contributed by atoms with Crippen molar-refractivity contribution in [3.63, 3.8) is 0 Å². The van der Waals surface area contributed by atoms with Crippen molar-refractivity contribution in [2.24, 2.45) is 0 Å². The highest BCUT2D eigenvalue weighted by Crippen LogP contribution is 2.51. The summed E-state index contributed by atoms with van der Waals surface area (Å²) in [7, 11) is 0. The molecule has 0 radical (unpaired) electrons. The van der Waals surface area contributed by atoms with E-state index in [4.69, 9.17) is 0 Å². The fourth-order valence-electron chi connectivity index (χ4n) is 6.67. The summed E-state index contributed by atoms with van der Waals surface area (Å²) in [6, 6.07) is 25.3. The van der Waals surface area contributed by atoms with Crippen molar-refractivity contribution in [1.82, 2.24) is 0 Å². The predicted molar refractivity (Wildman–Crippen MR) is 165 cm³/mol. The lowest BCUT2D eigenvalue weighted by Gasteiger charge is -2.31. The van der Waals surface area contributed by atoms with Crippen LogP contribution in [0, 0.1) is 0 Å². The summed E-state index contributed by atoms with van der Waals surface area (Å²) in [6.45, 7) is 3.17. The lowest BCUT2D eigenvalue weighted by molar-refractivity contribution is -0.115. The van der Waals surface area contributed by atoms with Gasteiger partial charge in [0.05, 0.1) is 11.4 Å². The van der Waals surface area contributed by atoms with Gasteiger partial charge in [-0.05, 0) is 96.9 Å². The zero-order valence-corrected chi connectivity index (χ0v) is 23.4. The Labute approximate surface area is 236 Å². The van der Waals surface area contributed by atoms with Gasteiger partial charge in [0, 0.05) is 36.1 Å². The second-order valence-corrected chi connectivity index (χ2v) is 11.1. The Hall–Kier alpha value is -4.18. The minimum absolute atomic E-state index is 0.0941. The van der Waals surface area contributed by atoms with Crippen molar-refractivity contribution in [3.8, 4) is 33.4 Å². The SMILES string of the molecule is CC(=O)Nc1c(-c2ccccc2)cc2c(c1-c1c3c(cc(-c4ccccc4)c1NC(C)=O)CCCC3)CCCC2. The van der Waals surface area contributed by atoms with Crippen LogP contribution in [0.1, 0.15) is 61.8 Å². The van der Waals surface area contributed by atoms with Gasteiger partial charge in [0.1, 0.15) is 0 Å². The molecule has 4 aromatic rings. The van der Waals surface area contributed by atoms with Gasteiger partial charge in [-0.1, -0.05) is 60.7 Å². The molecule has 0 heterocycles. The number of anilines is 2. The molecule has 2 N–H and O–H groups in total. The van der Waals surface area contributed by atoms with Crippen LogP contribution >= 0.6 is 0 Å². The summed E-state index contributed by atoms with van der Waals surface area (Å²) in [5.74, 6) is -0.188. The number of hydrogen-bond acceptors (Lipinski definition) is 2. The Morgan fingerprint density at radius 1 is 0.550 bits per heavy atom. The topological polar surface area (TPSA) is 58.2 Å². The van der Waals surface area contributed by atoms with Crippen LogP contribution < -0.4 is 10.6 Å². The standard InChI is InChI=1S/C36H36N2O2/c1-23(39)37-35-31(25-13-5-3-6-14-25)21-27-17-9-11-19-29(27)33(35)34-30-20-12-10-18-28(30)22-32(36(34)38-24(2)40)26-15-7-4-8-16-26/h3-8,13-16,21-22H,9-12,17-20H2,1-2H3,(H,37,39)(H,38,40). The molecular weight excluding hydrogens is 492 g/mol. The summed E-state index contributed by atoms with van der Waals surface area (Å²) in [5.41, 5.74) is 13.4. The molecule has 2 aliphatic rings. The van der Waals surface area contributed by atoms with E-state index in [0.29, 0.717) is 0 Å². The third kappa shape index (κ3) is 4.95. The summed E-state index contributed by atoms with van der Waals surface area (Å²) < 4.78 is 0. The number of nitrogens with one attached hydrogen (secondary N) is 2. The van der Waals surface area contributed by atoms with E-state index in [1.54, 1.807) is 13.8 Å². The molecule has 202 valence electrons. The van der Waals surface area contributed by atoms with Crippen LogP contribution in [0.25, 0.3) is 33.4 Å². The first-order chi connectivity index (χ1) is 19.5. The van der Waals surface area contributed by atoms with Gasteiger partial charge in [0.15, 0.2) is 0 Å². The smallest absolute Gasteiger partial charge is 0.221 e. The molecule has 0 atom stereocenters. The number of carbonyl (C=O) groups is 2. The van der Waals surface area contributed by atoms with Crippen molar-refractivity contribution in [2.75, 3.05) is 10.6 Å². The second-order valence-electron chi connectivity index (χ2n) is 11.1. The quantitative estimate of drug-likeness (QED) is 0.273. The van der Waals surface area contributed by atoms with Crippen molar-refractivity contribution in [1.29, 1.82) is 0 Å². The number of fused-ring (bicyclic) bond motifs is 2. The summed E-state index contributed by atoms with van der Waals surface area (Å²) in [5, 5.41) is 6.57. The van der Waals surface area contributed by atoms with Gasteiger partial charge in [0.25, 0.3) is 0 Å². The average Bonchev–Trinajstić information content (AvgIpc) is 2.97. The zero-order valence-electron chi connectivity index (χ0n) is 23.4. The highest BCUT2D eigenvalue weighted by molar-refractivity contribution is 6.09. The Kier molecular flexibility index (Phi) is 7.25. The van der Waals surface area contributed by atoms with Crippen LogP contribution in [0.2, 0.25) is 0 Å². The van der Waals surface area contributed by atoms with E-state index < -0.39 is 0 Å². The highest BCUT2D eigenvalue weighted by atomic mass is 16.2. The molecule has 4 aromatic carbocycles. The molecule has 0 spiro atoms. The molecule has 2 aliphatic carbocycles. The van der Waals surface area contributed by atoms with Gasteiger partial charge in [-0.15, -0.1) is 0 Å². The second kappa shape index (κ2) is 11.1. The number of aryl methyl sites for hydroxylation is 2. The molecule has 0 aliphatic heterocycles. The van der Waals surface area contributed by atoms with Gasteiger partial charge in [-0.2, -0.15) is 0 Å². The Bertz CT molecular complexity index is 1470. The third-order valence-corrected chi connectivity index (χ3v) is 8.32. The maximum Gasteiger partial charge on any atom is 0.221 e.